The summed E-state index contributed by atoms with van der Waals surface area (Å²) in [4.78, 5) is 11.1. The Hall–Kier alpha value is -0.570. The van der Waals surface area contributed by atoms with Crippen LogP contribution >= 0.6 is 0 Å². The molecule has 0 aromatic heterocycles. The molecule has 1 aliphatic carbocycles. The monoisotopic (exact) mass is 169 g/mol. The zero-order valence-electron chi connectivity index (χ0n) is 7.18. The normalized spacial score (nSPS) is 40.8. The molecule has 1 aliphatic heterocycles. The molecule has 12 heavy (non-hydrogen) atoms. The Kier molecular flexibility index (Phi) is 1.83. The van der Waals surface area contributed by atoms with Crippen molar-refractivity contribution >= 4 is 5.97 Å². The molecule has 3 heteroatoms. The molecule has 2 aliphatic rings. The highest BCUT2D eigenvalue weighted by molar-refractivity contribution is 5.76. The summed E-state index contributed by atoms with van der Waals surface area (Å²) >= 11 is 0. The number of hydrogen-bond acceptors (Lipinski definition) is 2. The average Bonchev–Trinajstić information content (AvgIpc) is 2.48. The summed E-state index contributed by atoms with van der Waals surface area (Å²) in [5.41, 5.74) is -0.405. The number of carboxylic acids is 1. The van der Waals surface area contributed by atoms with Crippen LogP contribution in [-0.2, 0) is 4.79 Å². The van der Waals surface area contributed by atoms with E-state index in [9.17, 15) is 4.79 Å². The van der Waals surface area contributed by atoms with Gasteiger partial charge in [-0.3, -0.25) is 4.79 Å². The van der Waals surface area contributed by atoms with Crippen LogP contribution in [0.5, 0.6) is 0 Å². The van der Waals surface area contributed by atoms with Crippen molar-refractivity contribution in [1.29, 1.82) is 0 Å². The van der Waals surface area contributed by atoms with Gasteiger partial charge in [0.2, 0.25) is 0 Å². The van der Waals surface area contributed by atoms with E-state index in [0.717, 1.165) is 38.6 Å². The van der Waals surface area contributed by atoms with Gasteiger partial charge in [-0.15, -0.1) is 0 Å². The molecule has 0 amide bonds. The summed E-state index contributed by atoms with van der Waals surface area (Å²) in [6.07, 6.45) is 4.89. The maximum Gasteiger partial charge on any atom is 0.311 e. The fourth-order valence-corrected chi connectivity index (χ4v) is 2.71. The van der Waals surface area contributed by atoms with Gasteiger partial charge in [0, 0.05) is 6.04 Å². The van der Waals surface area contributed by atoms with Gasteiger partial charge >= 0.3 is 5.97 Å². The van der Waals surface area contributed by atoms with Crippen molar-refractivity contribution in [2.24, 2.45) is 5.41 Å². The summed E-state index contributed by atoms with van der Waals surface area (Å²) in [6.45, 7) is 1.000. The minimum atomic E-state index is -0.586. The topological polar surface area (TPSA) is 49.3 Å². The fourth-order valence-electron chi connectivity index (χ4n) is 2.71. The third-order valence-electron chi connectivity index (χ3n) is 3.40. The minimum absolute atomic E-state index is 0.253. The van der Waals surface area contributed by atoms with Crippen LogP contribution in [0, 0.1) is 5.41 Å². The van der Waals surface area contributed by atoms with Gasteiger partial charge in [0.05, 0.1) is 5.41 Å². The second kappa shape index (κ2) is 2.73. The number of rotatable bonds is 1. The second-order valence-corrected chi connectivity index (χ2v) is 3.96. The number of carbonyl (C=O) groups is 1. The first-order valence-corrected chi connectivity index (χ1v) is 4.72. The van der Waals surface area contributed by atoms with Gasteiger partial charge in [-0.2, -0.15) is 0 Å². The highest BCUT2D eigenvalue weighted by Crippen LogP contribution is 2.44. The van der Waals surface area contributed by atoms with Crippen molar-refractivity contribution in [2.75, 3.05) is 6.54 Å². The molecule has 0 aromatic rings. The van der Waals surface area contributed by atoms with E-state index in [1.165, 1.54) is 0 Å². The Labute approximate surface area is 72.2 Å². The summed E-state index contributed by atoms with van der Waals surface area (Å²) in [5.74, 6) is -0.586. The van der Waals surface area contributed by atoms with E-state index in [1.54, 1.807) is 0 Å². The molecule has 2 atom stereocenters. The number of nitrogens with one attached hydrogen (secondary N) is 1. The lowest BCUT2D eigenvalue weighted by Crippen LogP contribution is -2.50. The molecule has 1 saturated heterocycles. The van der Waals surface area contributed by atoms with E-state index >= 15 is 0 Å². The van der Waals surface area contributed by atoms with Crippen LogP contribution in [0.15, 0.2) is 0 Å². The Bertz CT molecular complexity index is 205. The van der Waals surface area contributed by atoms with Crippen molar-refractivity contribution in [3.63, 3.8) is 0 Å². The first-order valence-electron chi connectivity index (χ1n) is 4.72. The lowest BCUT2D eigenvalue weighted by Gasteiger charge is -2.36. The first kappa shape index (κ1) is 8.05. The lowest BCUT2D eigenvalue weighted by atomic mass is 9.76. The van der Waals surface area contributed by atoms with E-state index in [-0.39, 0.29) is 6.04 Å². The number of hydrogen-bond donors (Lipinski definition) is 2. The van der Waals surface area contributed by atoms with Crippen molar-refractivity contribution in [1.82, 2.24) is 5.32 Å². The standard InChI is InChI=1S/C9H15NO2/c11-8(12)9-4-1-3-7(9)10-6-2-5-9/h7,10H,1-6H2,(H,11,12). The van der Waals surface area contributed by atoms with Gasteiger partial charge < -0.3 is 10.4 Å². The zero-order valence-corrected chi connectivity index (χ0v) is 7.18. The predicted octanol–water partition coefficient (Wildman–Crippen LogP) is 0.993. The SMILES string of the molecule is O=C(O)C12CCCNC1CCC2. The summed E-state index contributed by atoms with van der Waals surface area (Å²) < 4.78 is 0. The van der Waals surface area contributed by atoms with Crippen LogP contribution < -0.4 is 5.32 Å². The van der Waals surface area contributed by atoms with Crippen molar-refractivity contribution in [3.8, 4) is 0 Å². The molecular weight excluding hydrogens is 154 g/mol. The van der Waals surface area contributed by atoms with Crippen LogP contribution in [0.3, 0.4) is 0 Å². The molecule has 0 bridgehead atoms. The molecule has 1 saturated carbocycles. The Morgan fingerprint density at radius 2 is 2.17 bits per heavy atom. The highest BCUT2D eigenvalue weighted by atomic mass is 16.4. The van der Waals surface area contributed by atoms with E-state index < -0.39 is 11.4 Å². The van der Waals surface area contributed by atoms with Crippen LogP contribution in [0.4, 0.5) is 0 Å². The quantitative estimate of drug-likeness (QED) is 0.615. The molecule has 68 valence electrons. The molecule has 3 nitrogen and oxygen atoms in total. The minimum Gasteiger partial charge on any atom is -0.481 e. The summed E-state index contributed by atoms with van der Waals surface area (Å²) in [5, 5.41) is 12.5. The van der Waals surface area contributed by atoms with E-state index in [2.05, 4.69) is 5.32 Å². The number of carboxylic acid groups (broad SMARTS) is 1. The maximum absolute atomic E-state index is 11.1. The van der Waals surface area contributed by atoms with E-state index in [1.807, 2.05) is 0 Å². The average molecular weight is 169 g/mol. The molecule has 0 aromatic carbocycles. The van der Waals surface area contributed by atoms with Crippen molar-refractivity contribution in [3.05, 3.63) is 0 Å². The predicted molar refractivity (Wildman–Crippen MR) is 44.9 cm³/mol. The van der Waals surface area contributed by atoms with Crippen molar-refractivity contribution in [2.45, 2.75) is 38.1 Å². The summed E-state index contributed by atoms with van der Waals surface area (Å²) in [6, 6.07) is 0.253. The largest absolute Gasteiger partial charge is 0.481 e. The molecule has 2 N–H and O–H groups in total. The van der Waals surface area contributed by atoms with Crippen LogP contribution in [0.1, 0.15) is 32.1 Å². The molecule has 2 unspecified atom stereocenters. The summed E-state index contributed by atoms with van der Waals surface area (Å²) in [7, 11) is 0. The highest BCUT2D eigenvalue weighted by Gasteiger charge is 2.49. The molecule has 1 heterocycles. The zero-order chi connectivity index (χ0) is 8.60. The fraction of sp³-hybridized carbons (Fsp3) is 0.889. The third kappa shape index (κ3) is 0.959. The second-order valence-electron chi connectivity index (χ2n) is 3.96. The number of aliphatic carboxylic acids is 1. The van der Waals surface area contributed by atoms with Gasteiger partial charge in [-0.25, -0.2) is 0 Å². The molecule has 2 rings (SSSR count). The van der Waals surface area contributed by atoms with Gasteiger partial charge in [-0.05, 0) is 32.2 Å². The van der Waals surface area contributed by atoms with Crippen LogP contribution in [0.2, 0.25) is 0 Å². The first-order chi connectivity index (χ1) is 5.76. The Morgan fingerprint density at radius 1 is 1.42 bits per heavy atom. The lowest BCUT2D eigenvalue weighted by molar-refractivity contribution is -0.151. The molecule has 2 fully saturated rings. The smallest absolute Gasteiger partial charge is 0.311 e. The third-order valence-corrected chi connectivity index (χ3v) is 3.40. The molecule has 0 radical (unpaired) electrons. The molecule has 0 spiro atoms. The van der Waals surface area contributed by atoms with Gasteiger partial charge in [-0.1, -0.05) is 6.42 Å². The van der Waals surface area contributed by atoms with E-state index in [4.69, 9.17) is 5.11 Å². The van der Waals surface area contributed by atoms with Crippen LogP contribution in [0.25, 0.3) is 0 Å². The van der Waals surface area contributed by atoms with E-state index in [0.29, 0.717) is 0 Å². The maximum atomic E-state index is 11.1. The van der Waals surface area contributed by atoms with Gasteiger partial charge in [0.25, 0.3) is 0 Å². The number of piperidine rings is 1. The molecular formula is C9H15NO2. The van der Waals surface area contributed by atoms with Crippen LogP contribution in [-0.4, -0.2) is 23.7 Å². The van der Waals surface area contributed by atoms with Gasteiger partial charge in [0.1, 0.15) is 0 Å². The Balaban J connectivity index is 2.23. The van der Waals surface area contributed by atoms with Gasteiger partial charge in [0.15, 0.2) is 0 Å². The number of fused-ring (bicyclic) bond motifs is 1. The van der Waals surface area contributed by atoms with Crippen molar-refractivity contribution < 1.29 is 9.90 Å². The Morgan fingerprint density at radius 3 is 2.83 bits per heavy atom.